The number of sulfonamides is 1. The highest BCUT2D eigenvalue weighted by Crippen LogP contribution is 2.25. The predicted octanol–water partition coefficient (Wildman–Crippen LogP) is 2.48. The minimum atomic E-state index is -3.90. The summed E-state index contributed by atoms with van der Waals surface area (Å²) >= 11 is 0. The van der Waals surface area contributed by atoms with Crippen LogP contribution in [0.4, 0.5) is 0 Å². The first-order valence-electron chi connectivity index (χ1n) is 7.23. The van der Waals surface area contributed by atoms with Crippen molar-refractivity contribution in [1.29, 1.82) is 0 Å². The first-order valence-corrected chi connectivity index (χ1v) is 8.72. The Morgan fingerprint density at radius 2 is 1.88 bits per heavy atom. The van der Waals surface area contributed by atoms with Crippen LogP contribution in [0.15, 0.2) is 43.0 Å². The molecule has 3 aromatic rings. The van der Waals surface area contributed by atoms with Crippen molar-refractivity contribution in [3.8, 4) is 11.5 Å². The van der Waals surface area contributed by atoms with Crippen molar-refractivity contribution >= 4 is 10.0 Å². The van der Waals surface area contributed by atoms with Crippen LogP contribution in [-0.4, -0.2) is 23.7 Å². The van der Waals surface area contributed by atoms with Gasteiger partial charge in [0, 0.05) is 12.0 Å². The summed E-state index contributed by atoms with van der Waals surface area (Å²) in [5, 5.41) is 7.11. The summed E-state index contributed by atoms with van der Waals surface area (Å²) in [6.07, 6.45) is 1.44. The number of aromatic nitrogens is 3. The fraction of sp³-hybridized carbons (Fsp3) is 0.357. The third kappa shape index (κ3) is 3.24. The van der Waals surface area contributed by atoms with Crippen molar-refractivity contribution in [2.45, 2.75) is 37.8 Å². The van der Waals surface area contributed by atoms with Crippen molar-refractivity contribution in [2.75, 3.05) is 0 Å². The molecule has 0 spiro atoms. The van der Waals surface area contributed by atoms with E-state index in [0.717, 1.165) is 0 Å². The molecule has 24 heavy (non-hydrogen) atoms. The maximum atomic E-state index is 12.4. The molecule has 0 unspecified atom stereocenters. The SMILES string of the molecule is CC(C)c1noc([C@@H](C)NS(=O)(=O)c2ccc(-c3ccno3)o2)n1. The quantitative estimate of drug-likeness (QED) is 0.717. The van der Waals surface area contributed by atoms with E-state index in [1.54, 1.807) is 13.0 Å². The van der Waals surface area contributed by atoms with E-state index in [1.807, 2.05) is 13.8 Å². The lowest BCUT2D eigenvalue weighted by molar-refractivity contribution is 0.346. The standard InChI is InChI=1S/C14H16N4O5S/c1-8(2)13-16-14(23-17-13)9(3)18-24(19,20)12-5-4-10(21-12)11-6-7-15-22-11/h4-9,18H,1-3H3/t9-/m1/s1. The summed E-state index contributed by atoms with van der Waals surface area (Å²) in [7, 11) is -3.90. The van der Waals surface area contributed by atoms with Crippen molar-refractivity contribution in [3.05, 3.63) is 36.1 Å². The van der Waals surface area contributed by atoms with Gasteiger partial charge in [-0.15, -0.1) is 0 Å². The zero-order chi connectivity index (χ0) is 17.3. The highest BCUT2D eigenvalue weighted by molar-refractivity contribution is 7.89. The molecule has 3 heterocycles. The van der Waals surface area contributed by atoms with Crippen LogP contribution in [0.25, 0.3) is 11.5 Å². The molecule has 0 bridgehead atoms. The average molecular weight is 352 g/mol. The van der Waals surface area contributed by atoms with Gasteiger partial charge in [0.2, 0.25) is 16.7 Å². The van der Waals surface area contributed by atoms with Gasteiger partial charge in [0.15, 0.2) is 11.6 Å². The molecule has 3 aromatic heterocycles. The van der Waals surface area contributed by atoms with Gasteiger partial charge in [-0.25, -0.2) is 8.42 Å². The van der Waals surface area contributed by atoms with Gasteiger partial charge in [0.05, 0.1) is 12.2 Å². The Bertz CT molecular complexity index is 911. The zero-order valence-electron chi connectivity index (χ0n) is 13.3. The molecule has 0 amide bonds. The van der Waals surface area contributed by atoms with E-state index in [4.69, 9.17) is 13.5 Å². The highest BCUT2D eigenvalue weighted by Gasteiger charge is 2.26. The number of furan rings is 1. The third-order valence-electron chi connectivity index (χ3n) is 3.20. The van der Waals surface area contributed by atoms with E-state index < -0.39 is 16.1 Å². The van der Waals surface area contributed by atoms with Gasteiger partial charge in [0.1, 0.15) is 0 Å². The van der Waals surface area contributed by atoms with Crippen LogP contribution in [0.3, 0.4) is 0 Å². The second kappa shape index (κ2) is 6.21. The molecule has 1 atom stereocenters. The van der Waals surface area contributed by atoms with Gasteiger partial charge in [-0.2, -0.15) is 9.71 Å². The summed E-state index contributed by atoms with van der Waals surface area (Å²) in [6.45, 7) is 5.43. The lowest BCUT2D eigenvalue weighted by atomic mass is 10.2. The van der Waals surface area contributed by atoms with Gasteiger partial charge in [0.25, 0.3) is 10.0 Å². The number of nitrogens with zero attached hydrogens (tertiary/aromatic N) is 3. The number of hydrogen-bond donors (Lipinski definition) is 1. The molecule has 9 nitrogen and oxygen atoms in total. The third-order valence-corrected chi connectivity index (χ3v) is 4.62. The molecule has 3 rings (SSSR count). The fourth-order valence-corrected chi connectivity index (χ4v) is 3.07. The lowest BCUT2D eigenvalue weighted by Gasteiger charge is -2.08. The molecule has 0 radical (unpaired) electrons. The van der Waals surface area contributed by atoms with E-state index in [-0.39, 0.29) is 22.7 Å². The molecule has 0 aliphatic carbocycles. The largest absolute Gasteiger partial charge is 0.440 e. The van der Waals surface area contributed by atoms with E-state index in [0.29, 0.717) is 11.6 Å². The van der Waals surface area contributed by atoms with E-state index in [9.17, 15) is 8.42 Å². The van der Waals surface area contributed by atoms with Crippen LogP contribution in [0.1, 0.15) is 44.4 Å². The molecular formula is C14H16N4O5S. The Kier molecular flexibility index (Phi) is 4.24. The van der Waals surface area contributed by atoms with Gasteiger partial charge in [-0.05, 0) is 19.1 Å². The topological polar surface area (TPSA) is 124 Å². The Morgan fingerprint density at radius 1 is 1.08 bits per heavy atom. The van der Waals surface area contributed by atoms with Gasteiger partial charge in [-0.1, -0.05) is 24.2 Å². The molecule has 0 aliphatic rings. The normalized spacial score (nSPS) is 13.5. The van der Waals surface area contributed by atoms with E-state index in [1.165, 1.54) is 18.3 Å². The predicted molar refractivity (Wildman–Crippen MR) is 81.3 cm³/mol. The summed E-state index contributed by atoms with van der Waals surface area (Å²) in [5.41, 5.74) is 0. The van der Waals surface area contributed by atoms with Crippen LogP contribution in [0.2, 0.25) is 0 Å². The van der Waals surface area contributed by atoms with E-state index in [2.05, 4.69) is 20.0 Å². The van der Waals surface area contributed by atoms with Crippen molar-refractivity contribution in [2.24, 2.45) is 0 Å². The second-order valence-electron chi connectivity index (χ2n) is 5.48. The monoisotopic (exact) mass is 352 g/mol. The summed E-state index contributed by atoms with van der Waals surface area (Å²) in [5.74, 6) is 1.38. The number of hydrogen-bond acceptors (Lipinski definition) is 8. The summed E-state index contributed by atoms with van der Waals surface area (Å²) in [6, 6.07) is 3.69. The zero-order valence-corrected chi connectivity index (χ0v) is 14.1. The highest BCUT2D eigenvalue weighted by atomic mass is 32.2. The summed E-state index contributed by atoms with van der Waals surface area (Å²) in [4.78, 5) is 4.17. The molecular weight excluding hydrogens is 336 g/mol. The molecule has 0 saturated carbocycles. The van der Waals surface area contributed by atoms with Crippen LogP contribution < -0.4 is 4.72 Å². The first kappa shape index (κ1) is 16.4. The minimum Gasteiger partial charge on any atom is -0.440 e. The number of nitrogens with one attached hydrogen (secondary N) is 1. The van der Waals surface area contributed by atoms with Gasteiger partial charge in [-0.3, -0.25) is 0 Å². The van der Waals surface area contributed by atoms with Crippen LogP contribution in [0.5, 0.6) is 0 Å². The van der Waals surface area contributed by atoms with Crippen LogP contribution in [-0.2, 0) is 10.0 Å². The first-order chi connectivity index (χ1) is 11.4. The molecule has 0 saturated heterocycles. The Balaban J connectivity index is 1.78. The van der Waals surface area contributed by atoms with Crippen molar-refractivity contribution in [3.63, 3.8) is 0 Å². The summed E-state index contributed by atoms with van der Waals surface area (Å²) < 4.78 is 42.6. The van der Waals surface area contributed by atoms with Crippen molar-refractivity contribution < 1.29 is 21.9 Å². The second-order valence-corrected chi connectivity index (χ2v) is 7.13. The fourth-order valence-electron chi connectivity index (χ4n) is 1.94. The van der Waals surface area contributed by atoms with Crippen LogP contribution >= 0.6 is 0 Å². The maximum Gasteiger partial charge on any atom is 0.274 e. The van der Waals surface area contributed by atoms with Gasteiger partial charge >= 0.3 is 0 Å². The molecule has 0 aromatic carbocycles. The maximum absolute atomic E-state index is 12.4. The van der Waals surface area contributed by atoms with Crippen molar-refractivity contribution in [1.82, 2.24) is 20.0 Å². The Morgan fingerprint density at radius 3 is 2.50 bits per heavy atom. The Labute approximate surface area is 138 Å². The smallest absolute Gasteiger partial charge is 0.274 e. The van der Waals surface area contributed by atoms with Crippen LogP contribution in [0, 0.1) is 0 Å². The van der Waals surface area contributed by atoms with Gasteiger partial charge < -0.3 is 13.5 Å². The molecule has 128 valence electrons. The number of rotatable bonds is 6. The lowest BCUT2D eigenvalue weighted by Crippen LogP contribution is -2.26. The Hall–Kier alpha value is -2.46. The average Bonchev–Trinajstić information content (AvgIpc) is 3.26. The molecule has 0 fully saturated rings. The minimum absolute atomic E-state index is 0.0841. The molecule has 0 aliphatic heterocycles. The van der Waals surface area contributed by atoms with E-state index >= 15 is 0 Å². The molecule has 10 heteroatoms. The molecule has 1 N–H and O–H groups in total.